The first-order valence-electron chi connectivity index (χ1n) is 7.88. The Morgan fingerprint density at radius 3 is 2.50 bits per heavy atom. The summed E-state index contributed by atoms with van der Waals surface area (Å²) in [5.41, 5.74) is 2.26. The van der Waals surface area contributed by atoms with E-state index in [-0.39, 0.29) is 0 Å². The minimum atomic E-state index is -1.62. The molecular formula is C20H17NO5. The van der Waals surface area contributed by atoms with Gasteiger partial charge in [-0.05, 0) is 23.8 Å². The second kappa shape index (κ2) is 7.14. The summed E-state index contributed by atoms with van der Waals surface area (Å²) in [4.78, 5) is 22.2. The van der Waals surface area contributed by atoms with Gasteiger partial charge in [0.1, 0.15) is 11.5 Å². The molecule has 0 amide bonds. The van der Waals surface area contributed by atoms with Crippen molar-refractivity contribution in [1.82, 2.24) is 4.57 Å². The maximum Gasteiger partial charge on any atom is 0.376 e. The van der Waals surface area contributed by atoms with Crippen molar-refractivity contribution >= 4 is 28.4 Å². The highest BCUT2D eigenvalue weighted by Crippen LogP contribution is 2.30. The molecule has 1 aromatic heterocycles. The predicted molar refractivity (Wildman–Crippen MR) is 97.3 cm³/mol. The summed E-state index contributed by atoms with van der Waals surface area (Å²) in [6.07, 6.45) is 2.40. The van der Waals surface area contributed by atoms with Crippen LogP contribution in [0.3, 0.4) is 0 Å². The van der Waals surface area contributed by atoms with E-state index in [0.29, 0.717) is 29.3 Å². The van der Waals surface area contributed by atoms with Gasteiger partial charge in [0, 0.05) is 35.3 Å². The molecule has 3 aromatic rings. The van der Waals surface area contributed by atoms with Crippen molar-refractivity contribution in [3.05, 3.63) is 71.9 Å². The second-order valence-corrected chi connectivity index (χ2v) is 5.74. The van der Waals surface area contributed by atoms with Gasteiger partial charge in [0.2, 0.25) is 0 Å². The Morgan fingerprint density at radius 1 is 1.12 bits per heavy atom. The first-order chi connectivity index (χ1) is 12.5. The molecule has 0 saturated heterocycles. The van der Waals surface area contributed by atoms with Crippen molar-refractivity contribution in [1.29, 1.82) is 0 Å². The van der Waals surface area contributed by atoms with Crippen molar-refractivity contribution < 1.29 is 24.5 Å². The van der Waals surface area contributed by atoms with E-state index in [9.17, 15) is 14.7 Å². The number of ketones is 1. The van der Waals surface area contributed by atoms with Gasteiger partial charge in [0.25, 0.3) is 5.78 Å². The molecule has 1 heterocycles. The highest BCUT2D eigenvalue weighted by Gasteiger charge is 2.16. The number of ether oxygens (including phenoxy) is 1. The second-order valence-electron chi connectivity index (χ2n) is 5.74. The molecule has 0 aliphatic rings. The molecule has 2 N–H and O–H groups in total. The highest BCUT2D eigenvalue weighted by molar-refractivity contribution is 6.38. The summed E-state index contributed by atoms with van der Waals surface area (Å²) in [7, 11) is 1.53. The van der Waals surface area contributed by atoms with Crippen LogP contribution < -0.4 is 4.74 Å². The van der Waals surface area contributed by atoms with E-state index in [2.05, 4.69) is 0 Å². The van der Waals surface area contributed by atoms with Crippen LogP contribution in [-0.2, 0) is 16.1 Å². The summed E-state index contributed by atoms with van der Waals surface area (Å²) in [5.74, 6) is -2.62. The molecule has 0 radical (unpaired) electrons. The van der Waals surface area contributed by atoms with E-state index in [0.717, 1.165) is 11.1 Å². The average molecular weight is 351 g/mol. The van der Waals surface area contributed by atoms with Crippen LogP contribution in [0.4, 0.5) is 0 Å². The van der Waals surface area contributed by atoms with E-state index in [1.807, 2.05) is 41.0 Å². The molecule has 0 bridgehead atoms. The molecule has 0 fully saturated rings. The molecule has 3 rings (SSSR count). The molecule has 6 nitrogen and oxygen atoms in total. The van der Waals surface area contributed by atoms with Gasteiger partial charge in [-0.1, -0.05) is 30.3 Å². The Morgan fingerprint density at radius 2 is 1.85 bits per heavy atom. The van der Waals surface area contributed by atoms with Crippen molar-refractivity contribution in [3.63, 3.8) is 0 Å². The number of aromatic nitrogens is 1. The molecule has 0 atom stereocenters. The quantitative estimate of drug-likeness (QED) is 0.404. The fraction of sp³-hybridized carbons (Fsp3) is 0.100. The van der Waals surface area contributed by atoms with E-state index >= 15 is 0 Å². The number of nitrogens with zero attached hydrogens (tertiary/aromatic N) is 1. The number of hydrogen-bond donors (Lipinski definition) is 2. The van der Waals surface area contributed by atoms with Crippen LogP contribution in [0.1, 0.15) is 11.1 Å². The van der Waals surface area contributed by atoms with E-state index in [1.165, 1.54) is 7.11 Å². The van der Waals surface area contributed by atoms with Gasteiger partial charge >= 0.3 is 5.97 Å². The van der Waals surface area contributed by atoms with Crippen molar-refractivity contribution in [2.75, 3.05) is 7.11 Å². The lowest BCUT2D eigenvalue weighted by molar-refractivity contribution is -0.146. The fourth-order valence-electron chi connectivity index (χ4n) is 2.78. The summed E-state index contributed by atoms with van der Waals surface area (Å²) in [6.45, 7) is 0.559. The predicted octanol–water partition coefficient (Wildman–Crippen LogP) is 3.25. The van der Waals surface area contributed by atoms with Crippen molar-refractivity contribution in [2.24, 2.45) is 0 Å². The zero-order chi connectivity index (χ0) is 18.7. The molecule has 6 heteroatoms. The van der Waals surface area contributed by atoms with E-state index < -0.39 is 17.5 Å². The number of carbonyl (C=O) groups excluding carboxylic acids is 1. The number of aliphatic hydroxyl groups excluding tert-OH is 1. The largest absolute Gasteiger partial charge is 0.507 e. The lowest BCUT2D eigenvalue weighted by Crippen LogP contribution is -2.09. The lowest BCUT2D eigenvalue weighted by Gasteiger charge is -2.06. The minimum absolute atomic E-state index is 0.365. The number of fused-ring (bicyclic) bond motifs is 1. The Bertz CT molecular complexity index is 1000. The minimum Gasteiger partial charge on any atom is -0.507 e. The van der Waals surface area contributed by atoms with Gasteiger partial charge < -0.3 is 19.5 Å². The number of carbonyl (C=O) groups is 2. The molecule has 0 spiro atoms. The van der Waals surface area contributed by atoms with Crippen molar-refractivity contribution in [3.8, 4) is 5.75 Å². The van der Waals surface area contributed by atoms with Crippen LogP contribution in [0.2, 0.25) is 0 Å². The first-order valence-corrected chi connectivity index (χ1v) is 7.88. The van der Waals surface area contributed by atoms with Crippen LogP contribution in [-0.4, -0.2) is 33.6 Å². The molecule has 0 saturated carbocycles. The molecular weight excluding hydrogens is 334 g/mol. The smallest absolute Gasteiger partial charge is 0.376 e. The van der Waals surface area contributed by atoms with Gasteiger partial charge in [-0.2, -0.15) is 0 Å². The van der Waals surface area contributed by atoms with Gasteiger partial charge in [0.15, 0.2) is 0 Å². The van der Waals surface area contributed by atoms with Crippen LogP contribution in [0.25, 0.3) is 16.7 Å². The molecule has 0 unspecified atom stereocenters. The number of aliphatic hydroxyl groups is 1. The van der Waals surface area contributed by atoms with Gasteiger partial charge in [-0.15, -0.1) is 0 Å². The molecule has 0 aliphatic heterocycles. The number of benzene rings is 2. The molecule has 2 aromatic carbocycles. The Kier molecular flexibility index (Phi) is 4.75. The van der Waals surface area contributed by atoms with Crippen LogP contribution in [0.5, 0.6) is 5.75 Å². The number of rotatable bonds is 6. The first kappa shape index (κ1) is 17.3. The van der Waals surface area contributed by atoms with Crippen molar-refractivity contribution in [2.45, 2.75) is 6.54 Å². The molecule has 132 valence electrons. The number of aliphatic carboxylic acids is 1. The topological polar surface area (TPSA) is 88.8 Å². The fourth-order valence-corrected chi connectivity index (χ4v) is 2.78. The normalized spacial score (nSPS) is 11.5. The SMILES string of the molecule is COc1ccc2c(c1)c(/C(O)=C/C(=O)C(=O)O)cn2Cc1ccccc1. The van der Waals surface area contributed by atoms with Gasteiger partial charge in [-0.3, -0.25) is 4.79 Å². The lowest BCUT2D eigenvalue weighted by atomic mass is 10.1. The Hall–Kier alpha value is -3.54. The highest BCUT2D eigenvalue weighted by atomic mass is 16.5. The van der Waals surface area contributed by atoms with E-state index in [4.69, 9.17) is 9.84 Å². The summed E-state index contributed by atoms with van der Waals surface area (Å²) >= 11 is 0. The number of carboxylic acids is 1. The third-order valence-corrected chi connectivity index (χ3v) is 4.04. The van der Waals surface area contributed by atoms with Gasteiger partial charge in [-0.25, -0.2) is 4.79 Å². The number of hydrogen-bond acceptors (Lipinski definition) is 4. The van der Waals surface area contributed by atoms with Crippen LogP contribution in [0, 0.1) is 0 Å². The summed E-state index contributed by atoms with van der Waals surface area (Å²) in [6, 6.07) is 15.2. The Balaban J connectivity index is 2.12. The van der Waals surface area contributed by atoms with Crippen LogP contribution >= 0.6 is 0 Å². The zero-order valence-electron chi connectivity index (χ0n) is 14.0. The molecule has 26 heavy (non-hydrogen) atoms. The van der Waals surface area contributed by atoms with Crippen LogP contribution in [0.15, 0.2) is 60.8 Å². The maximum absolute atomic E-state index is 11.4. The van der Waals surface area contributed by atoms with E-state index in [1.54, 1.807) is 18.3 Å². The van der Waals surface area contributed by atoms with Gasteiger partial charge in [0.05, 0.1) is 7.11 Å². The number of carboxylic acid groups (broad SMARTS) is 1. The maximum atomic E-state index is 11.4. The standard InChI is InChI=1S/C20H17NO5/c1-26-14-7-8-17-15(9-14)16(18(22)10-19(23)20(24)25)12-21(17)11-13-5-3-2-4-6-13/h2-10,12,22H,11H2,1H3,(H,24,25)/b18-10-. The average Bonchev–Trinajstić information content (AvgIpc) is 3.00. The third kappa shape index (κ3) is 3.44. The summed E-state index contributed by atoms with van der Waals surface area (Å²) in [5, 5.41) is 19.7. The number of methoxy groups -OCH3 is 1. The Labute approximate surface area is 149 Å². The summed E-state index contributed by atoms with van der Waals surface area (Å²) < 4.78 is 7.16. The zero-order valence-corrected chi connectivity index (χ0v) is 14.0. The molecule has 0 aliphatic carbocycles. The third-order valence-electron chi connectivity index (χ3n) is 4.04. The monoisotopic (exact) mass is 351 g/mol.